The lowest BCUT2D eigenvalue weighted by Gasteiger charge is -2.58. The second kappa shape index (κ2) is 7.98. The van der Waals surface area contributed by atoms with Crippen LogP contribution >= 0.6 is 0 Å². The van der Waals surface area contributed by atoms with Gasteiger partial charge in [0.05, 0.1) is 6.10 Å². The smallest absolute Gasteiger partial charge is 0.129 e. The van der Waals surface area contributed by atoms with E-state index in [1.54, 1.807) is 18.1 Å². The third-order valence-corrected chi connectivity index (χ3v) is 9.83. The summed E-state index contributed by atoms with van der Waals surface area (Å²) < 4.78 is 0. The van der Waals surface area contributed by atoms with Gasteiger partial charge in [-0.2, -0.15) is 0 Å². The summed E-state index contributed by atoms with van der Waals surface area (Å²) in [5.74, 6) is 3.57. The molecule has 0 spiro atoms. The van der Waals surface area contributed by atoms with Crippen molar-refractivity contribution in [1.29, 1.82) is 0 Å². The van der Waals surface area contributed by atoms with Gasteiger partial charge in [-0.1, -0.05) is 37.1 Å². The van der Waals surface area contributed by atoms with Crippen LogP contribution < -0.4 is 0 Å². The van der Waals surface area contributed by atoms with Gasteiger partial charge in [0.15, 0.2) is 0 Å². The van der Waals surface area contributed by atoms with E-state index in [4.69, 9.17) is 0 Å². The molecule has 0 saturated heterocycles. The van der Waals surface area contributed by atoms with Gasteiger partial charge in [0.25, 0.3) is 0 Å². The number of fused-ring (bicyclic) bond motifs is 5. The largest absolute Gasteiger partial charge is 0.393 e. The number of unbranched alkanes of at least 4 members (excludes halogenated alkanes) is 1. The molecule has 0 aromatic heterocycles. The van der Waals surface area contributed by atoms with Crippen molar-refractivity contribution >= 4 is 5.78 Å². The summed E-state index contributed by atoms with van der Waals surface area (Å²) in [6.45, 7) is 9.19. The van der Waals surface area contributed by atoms with E-state index < -0.39 is 0 Å². The Morgan fingerprint density at radius 3 is 2.69 bits per heavy atom. The molecule has 1 N–H and O–H groups in total. The topological polar surface area (TPSA) is 37.3 Å². The van der Waals surface area contributed by atoms with E-state index in [0.29, 0.717) is 16.6 Å². The van der Waals surface area contributed by atoms with E-state index in [1.807, 2.05) is 0 Å². The van der Waals surface area contributed by atoms with Crippen LogP contribution in [0.5, 0.6) is 0 Å². The first kappa shape index (κ1) is 21.3. The molecule has 3 fully saturated rings. The predicted octanol–water partition coefficient (Wildman–Crippen LogP) is 6.63. The van der Waals surface area contributed by atoms with Gasteiger partial charge in [-0.3, -0.25) is 0 Å². The van der Waals surface area contributed by atoms with Gasteiger partial charge in [-0.15, -0.1) is 0 Å². The molecule has 0 amide bonds. The van der Waals surface area contributed by atoms with Crippen molar-refractivity contribution in [1.82, 2.24) is 0 Å². The van der Waals surface area contributed by atoms with Gasteiger partial charge in [0, 0.05) is 6.42 Å². The Hall–Kier alpha value is -0.890. The zero-order chi connectivity index (χ0) is 20.8. The van der Waals surface area contributed by atoms with Crippen LogP contribution in [0, 0.1) is 34.5 Å². The molecule has 4 aliphatic rings. The maximum absolute atomic E-state index is 11.2. The van der Waals surface area contributed by atoms with Crippen LogP contribution in [-0.2, 0) is 4.79 Å². The molecule has 0 heterocycles. The summed E-state index contributed by atoms with van der Waals surface area (Å²) in [6.07, 6.45) is 17.5. The second-order valence-electron chi connectivity index (χ2n) is 11.4. The number of aliphatic hydroxyl groups is 1. The highest BCUT2D eigenvalue weighted by Crippen LogP contribution is 2.67. The van der Waals surface area contributed by atoms with E-state index in [2.05, 4.69) is 32.9 Å². The normalized spacial score (nSPS) is 44.5. The molecule has 162 valence electrons. The number of aliphatic hydroxyl groups excluding tert-OH is 1. The zero-order valence-corrected chi connectivity index (χ0v) is 19.2. The number of carbonyl (C=O) groups excluding carboxylic acids is 1. The highest BCUT2D eigenvalue weighted by molar-refractivity contribution is 5.75. The van der Waals surface area contributed by atoms with Crippen LogP contribution in [0.3, 0.4) is 0 Å². The number of carbonyl (C=O) groups is 1. The quantitative estimate of drug-likeness (QED) is 0.417. The second-order valence-corrected chi connectivity index (χ2v) is 11.4. The summed E-state index contributed by atoms with van der Waals surface area (Å²) in [7, 11) is 0. The van der Waals surface area contributed by atoms with Gasteiger partial charge in [-0.05, 0) is 113 Å². The van der Waals surface area contributed by atoms with Crippen LogP contribution in [0.2, 0.25) is 0 Å². The lowest BCUT2D eigenvalue weighted by atomic mass is 9.47. The van der Waals surface area contributed by atoms with Crippen molar-refractivity contribution in [3.05, 3.63) is 23.3 Å². The third kappa shape index (κ3) is 3.68. The molecule has 0 aromatic carbocycles. The highest BCUT2D eigenvalue weighted by Gasteiger charge is 2.58. The zero-order valence-electron chi connectivity index (χ0n) is 19.2. The fourth-order valence-electron chi connectivity index (χ4n) is 8.21. The first-order chi connectivity index (χ1) is 13.8. The molecule has 7 atom stereocenters. The molecule has 3 saturated carbocycles. The van der Waals surface area contributed by atoms with Gasteiger partial charge >= 0.3 is 0 Å². The number of Topliss-reactive ketones (excluding diaryl/α,β-unsaturated/α-hetero) is 1. The maximum Gasteiger partial charge on any atom is 0.129 e. The van der Waals surface area contributed by atoms with E-state index in [9.17, 15) is 9.90 Å². The molecule has 0 aliphatic heterocycles. The van der Waals surface area contributed by atoms with E-state index in [0.717, 1.165) is 55.8 Å². The number of allylic oxidation sites excluding steroid dienone is 3. The average molecular weight is 399 g/mol. The Kier molecular flexibility index (Phi) is 5.88. The maximum atomic E-state index is 11.2. The fourth-order valence-corrected chi connectivity index (χ4v) is 8.21. The Morgan fingerprint density at radius 1 is 1.14 bits per heavy atom. The molecule has 4 aliphatic carbocycles. The predicted molar refractivity (Wildman–Crippen MR) is 119 cm³/mol. The number of ketones is 1. The van der Waals surface area contributed by atoms with E-state index in [-0.39, 0.29) is 6.10 Å². The van der Waals surface area contributed by atoms with Crippen molar-refractivity contribution < 1.29 is 9.90 Å². The molecule has 0 bridgehead atoms. The highest BCUT2D eigenvalue weighted by atomic mass is 16.3. The molecule has 2 nitrogen and oxygen atoms in total. The minimum absolute atomic E-state index is 0.105. The van der Waals surface area contributed by atoms with Crippen LogP contribution in [0.15, 0.2) is 23.3 Å². The molecule has 0 unspecified atom stereocenters. The summed E-state index contributed by atoms with van der Waals surface area (Å²) >= 11 is 0. The molecular formula is C27H42O2. The van der Waals surface area contributed by atoms with Crippen LogP contribution in [0.25, 0.3) is 0 Å². The lowest BCUT2D eigenvalue weighted by Crippen LogP contribution is -2.50. The number of hydrogen-bond donors (Lipinski definition) is 1. The molecule has 29 heavy (non-hydrogen) atoms. The molecule has 2 heteroatoms. The first-order valence-corrected chi connectivity index (χ1v) is 12.3. The van der Waals surface area contributed by atoms with Crippen LogP contribution in [-0.4, -0.2) is 17.0 Å². The fraction of sp³-hybridized carbons (Fsp3) is 0.815. The minimum atomic E-state index is -0.105. The van der Waals surface area contributed by atoms with E-state index in [1.165, 1.54) is 38.5 Å². The third-order valence-electron chi connectivity index (χ3n) is 9.83. The number of rotatable bonds is 5. The summed E-state index contributed by atoms with van der Waals surface area (Å²) in [5, 5.41) is 10.2. The van der Waals surface area contributed by atoms with Crippen molar-refractivity contribution in [3.8, 4) is 0 Å². The first-order valence-electron chi connectivity index (χ1n) is 12.3. The Labute approximate surface area is 178 Å². The average Bonchev–Trinajstić information content (AvgIpc) is 3.03. The van der Waals surface area contributed by atoms with Gasteiger partial charge in [0.2, 0.25) is 0 Å². The van der Waals surface area contributed by atoms with Gasteiger partial charge in [0.1, 0.15) is 5.78 Å². The molecule has 0 aromatic rings. The Morgan fingerprint density at radius 2 is 1.93 bits per heavy atom. The van der Waals surface area contributed by atoms with Gasteiger partial charge < -0.3 is 9.90 Å². The Bertz CT molecular complexity index is 703. The van der Waals surface area contributed by atoms with Crippen molar-refractivity contribution in [3.63, 3.8) is 0 Å². The summed E-state index contributed by atoms with van der Waals surface area (Å²) in [6, 6.07) is 0. The van der Waals surface area contributed by atoms with Crippen molar-refractivity contribution in [2.75, 3.05) is 0 Å². The number of hydrogen-bond acceptors (Lipinski definition) is 2. The molecular weight excluding hydrogens is 356 g/mol. The summed E-state index contributed by atoms with van der Waals surface area (Å²) in [4.78, 5) is 11.2. The lowest BCUT2D eigenvalue weighted by molar-refractivity contribution is -0.117. The van der Waals surface area contributed by atoms with Crippen molar-refractivity contribution in [2.24, 2.45) is 34.5 Å². The van der Waals surface area contributed by atoms with Crippen molar-refractivity contribution in [2.45, 2.75) is 104 Å². The molecule has 0 radical (unpaired) electrons. The van der Waals surface area contributed by atoms with E-state index >= 15 is 0 Å². The van der Waals surface area contributed by atoms with Crippen LogP contribution in [0.1, 0.15) is 98.3 Å². The SMILES string of the molecule is CC(=O)CCC/C=C(\C)[C@H]1CC[C@H]2[C@@H]3CC=C4C[C@@H](O)CC[C@]4(C)[C@H]3CC[C@]12C. The van der Waals surface area contributed by atoms with Crippen LogP contribution in [0.4, 0.5) is 0 Å². The van der Waals surface area contributed by atoms with Gasteiger partial charge in [-0.25, -0.2) is 0 Å². The standard InChI is InChI=1S/C27H42O2/c1-18(7-5-6-8-19(2)28)23-11-12-24-22-10-9-20-17-21(29)13-15-26(20,3)25(22)14-16-27(23,24)4/h7,9,21-25,29H,5-6,8,10-17H2,1-4H3/b18-7+/t21-,22-,23+,24-,25-,26-,27+/m0/s1. The minimum Gasteiger partial charge on any atom is -0.393 e. The molecule has 4 rings (SSSR count). The Balaban J connectivity index is 1.50. The monoisotopic (exact) mass is 398 g/mol. The summed E-state index contributed by atoms with van der Waals surface area (Å²) in [5.41, 5.74) is 3.98.